The van der Waals surface area contributed by atoms with Crippen molar-refractivity contribution in [3.8, 4) is 10.7 Å². The van der Waals surface area contributed by atoms with Gasteiger partial charge in [-0.2, -0.15) is 13.2 Å². The first-order valence-electron chi connectivity index (χ1n) is 7.25. The number of thiazole rings is 1. The van der Waals surface area contributed by atoms with Crippen LogP contribution in [0.1, 0.15) is 11.3 Å². The molecule has 0 aliphatic carbocycles. The SMILES string of the molecule is O=C(Cc1csc(-c2ccccn2)n1)Nc1ccc(C(F)(F)F)cc1. The van der Waals surface area contributed by atoms with Crippen LogP contribution in [-0.4, -0.2) is 15.9 Å². The van der Waals surface area contributed by atoms with Gasteiger partial charge in [-0.1, -0.05) is 6.07 Å². The van der Waals surface area contributed by atoms with Crippen molar-refractivity contribution in [1.82, 2.24) is 9.97 Å². The van der Waals surface area contributed by atoms with Crippen LogP contribution in [-0.2, 0) is 17.4 Å². The smallest absolute Gasteiger partial charge is 0.326 e. The molecule has 0 saturated carbocycles. The minimum atomic E-state index is -4.40. The molecule has 3 rings (SSSR count). The fourth-order valence-electron chi connectivity index (χ4n) is 2.11. The molecule has 128 valence electrons. The van der Waals surface area contributed by atoms with Crippen LogP contribution in [0.2, 0.25) is 0 Å². The van der Waals surface area contributed by atoms with Gasteiger partial charge in [-0.3, -0.25) is 9.78 Å². The molecular formula is C17H12F3N3OS. The third kappa shape index (κ3) is 4.42. The number of benzene rings is 1. The molecule has 4 nitrogen and oxygen atoms in total. The lowest BCUT2D eigenvalue weighted by molar-refractivity contribution is -0.137. The van der Waals surface area contributed by atoms with E-state index in [4.69, 9.17) is 0 Å². The molecule has 0 unspecified atom stereocenters. The molecule has 0 saturated heterocycles. The van der Waals surface area contributed by atoms with Crippen molar-refractivity contribution in [2.24, 2.45) is 0 Å². The van der Waals surface area contributed by atoms with Crippen molar-refractivity contribution < 1.29 is 18.0 Å². The first kappa shape index (κ1) is 17.1. The van der Waals surface area contributed by atoms with Crippen molar-refractivity contribution in [2.45, 2.75) is 12.6 Å². The van der Waals surface area contributed by atoms with Crippen molar-refractivity contribution in [3.63, 3.8) is 0 Å². The van der Waals surface area contributed by atoms with E-state index in [0.29, 0.717) is 16.4 Å². The Hall–Kier alpha value is -2.74. The van der Waals surface area contributed by atoms with E-state index in [1.165, 1.54) is 23.5 Å². The third-order valence-corrected chi connectivity index (χ3v) is 4.19. The lowest BCUT2D eigenvalue weighted by Gasteiger charge is -2.08. The number of nitrogens with zero attached hydrogens (tertiary/aromatic N) is 2. The van der Waals surface area contributed by atoms with Gasteiger partial charge in [-0.05, 0) is 36.4 Å². The van der Waals surface area contributed by atoms with Gasteiger partial charge in [0.05, 0.1) is 23.4 Å². The summed E-state index contributed by atoms with van der Waals surface area (Å²) in [6.45, 7) is 0. The van der Waals surface area contributed by atoms with Crippen molar-refractivity contribution >= 4 is 22.9 Å². The average molecular weight is 363 g/mol. The maximum Gasteiger partial charge on any atom is 0.416 e. The van der Waals surface area contributed by atoms with Crippen molar-refractivity contribution in [2.75, 3.05) is 5.32 Å². The summed E-state index contributed by atoms with van der Waals surface area (Å²) in [5.74, 6) is -0.349. The van der Waals surface area contributed by atoms with Crippen molar-refractivity contribution in [1.29, 1.82) is 0 Å². The summed E-state index contributed by atoms with van der Waals surface area (Å²) in [4.78, 5) is 20.6. The second-order valence-corrected chi connectivity index (χ2v) is 6.02. The molecule has 0 fully saturated rings. The zero-order valence-corrected chi connectivity index (χ0v) is 13.6. The summed E-state index contributed by atoms with van der Waals surface area (Å²) in [5.41, 5.74) is 0.847. The fraction of sp³-hybridized carbons (Fsp3) is 0.118. The summed E-state index contributed by atoms with van der Waals surface area (Å²) >= 11 is 1.38. The number of amides is 1. The fourth-order valence-corrected chi connectivity index (χ4v) is 2.90. The van der Waals surface area contributed by atoms with Crippen LogP contribution in [0.25, 0.3) is 10.7 Å². The van der Waals surface area contributed by atoms with Gasteiger partial charge in [0.2, 0.25) is 5.91 Å². The number of carbonyl (C=O) groups excluding carboxylic acids is 1. The van der Waals surface area contributed by atoms with Gasteiger partial charge in [0.25, 0.3) is 0 Å². The molecular weight excluding hydrogens is 351 g/mol. The third-order valence-electron chi connectivity index (χ3n) is 3.27. The van der Waals surface area contributed by atoms with Crippen LogP contribution >= 0.6 is 11.3 Å². The minimum Gasteiger partial charge on any atom is -0.326 e. The number of carbonyl (C=O) groups is 1. The van der Waals surface area contributed by atoms with Gasteiger partial charge in [0.1, 0.15) is 5.01 Å². The number of rotatable bonds is 4. The summed E-state index contributed by atoms with van der Waals surface area (Å²) in [7, 11) is 0. The molecule has 0 spiro atoms. The van der Waals surface area contributed by atoms with E-state index in [-0.39, 0.29) is 12.3 Å². The summed E-state index contributed by atoms with van der Waals surface area (Å²) in [6.07, 6.45) is -2.71. The zero-order chi connectivity index (χ0) is 17.9. The molecule has 0 aliphatic heterocycles. The quantitative estimate of drug-likeness (QED) is 0.747. The number of hydrogen-bond acceptors (Lipinski definition) is 4. The average Bonchev–Trinajstić information content (AvgIpc) is 3.03. The van der Waals surface area contributed by atoms with Gasteiger partial charge in [-0.15, -0.1) is 11.3 Å². The Balaban J connectivity index is 1.62. The first-order chi connectivity index (χ1) is 11.9. The Morgan fingerprint density at radius 3 is 2.52 bits per heavy atom. The lowest BCUT2D eigenvalue weighted by atomic mass is 10.2. The molecule has 0 radical (unpaired) electrons. The molecule has 0 aliphatic rings. The number of hydrogen-bond donors (Lipinski definition) is 1. The highest BCUT2D eigenvalue weighted by molar-refractivity contribution is 7.13. The highest BCUT2D eigenvalue weighted by Crippen LogP contribution is 2.29. The highest BCUT2D eigenvalue weighted by atomic mass is 32.1. The van der Waals surface area contributed by atoms with Crippen LogP contribution in [0.4, 0.5) is 18.9 Å². The van der Waals surface area contributed by atoms with Crippen LogP contribution in [0.3, 0.4) is 0 Å². The van der Waals surface area contributed by atoms with Crippen LogP contribution in [0.15, 0.2) is 54.0 Å². The summed E-state index contributed by atoms with van der Waals surface area (Å²) in [5, 5.41) is 5.03. The van der Waals surface area contributed by atoms with E-state index in [1.54, 1.807) is 17.6 Å². The number of alkyl halides is 3. The van der Waals surface area contributed by atoms with Crippen LogP contribution in [0.5, 0.6) is 0 Å². The Morgan fingerprint density at radius 2 is 1.88 bits per heavy atom. The Kier molecular flexibility index (Phi) is 4.80. The van der Waals surface area contributed by atoms with Gasteiger partial charge in [-0.25, -0.2) is 4.98 Å². The monoisotopic (exact) mass is 363 g/mol. The topological polar surface area (TPSA) is 54.9 Å². The second kappa shape index (κ2) is 7.02. The molecule has 8 heteroatoms. The summed E-state index contributed by atoms with van der Waals surface area (Å²) < 4.78 is 37.5. The standard InChI is InChI=1S/C17H12F3N3OS/c18-17(19,20)11-4-6-12(7-5-11)22-15(24)9-13-10-25-16(23-13)14-3-1-2-8-21-14/h1-8,10H,9H2,(H,22,24). The van der Waals surface area contributed by atoms with Crippen molar-refractivity contribution in [3.05, 3.63) is 65.3 Å². The molecule has 3 aromatic rings. The molecule has 0 atom stereocenters. The maximum absolute atomic E-state index is 12.5. The number of anilines is 1. The Labute approximate surface area is 145 Å². The predicted octanol–water partition coefficient (Wildman–Crippen LogP) is 4.41. The molecule has 0 bridgehead atoms. The Morgan fingerprint density at radius 1 is 1.12 bits per heavy atom. The van der Waals surface area contributed by atoms with E-state index in [2.05, 4.69) is 15.3 Å². The highest BCUT2D eigenvalue weighted by Gasteiger charge is 2.29. The zero-order valence-electron chi connectivity index (χ0n) is 12.7. The first-order valence-corrected chi connectivity index (χ1v) is 8.13. The van der Waals surface area contributed by atoms with Crippen LogP contribution in [0, 0.1) is 0 Å². The van der Waals surface area contributed by atoms with E-state index in [9.17, 15) is 18.0 Å². The number of pyridine rings is 1. The number of aromatic nitrogens is 2. The van der Waals surface area contributed by atoms with Gasteiger partial charge >= 0.3 is 6.18 Å². The van der Waals surface area contributed by atoms with Crippen LogP contribution < -0.4 is 5.32 Å². The largest absolute Gasteiger partial charge is 0.416 e. The normalized spacial score (nSPS) is 11.3. The lowest BCUT2D eigenvalue weighted by Crippen LogP contribution is -2.15. The number of halogens is 3. The minimum absolute atomic E-state index is 0.0321. The van der Waals surface area contributed by atoms with Gasteiger partial charge in [0.15, 0.2) is 0 Å². The summed E-state index contributed by atoms with van der Waals surface area (Å²) in [6, 6.07) is 9.78. The van der Waals surface area contributed by atoms with E-state index >= 15 is 0 Å². The van der Waals surface area contributed by atoms with E-state index in [0.717, 1.165) is 17.8 Å². The predicted molar refractivity (Wildman–Crippen MR) is 89.1 cm³/mol. The Bertz CT molecular complexity index is 861. The number of nitrogens with one attached hydrogen (secondary N) is 1. The molecule has 2 heterocycles. The maximum atomic E-state index is 12.5. The molecule has 2 aromatic heterocycles. The van der Waals surface area contributed by atoms with Gasteiger partial charge < -0.3 is 5.32 Å². The van der Waals surface area contributed by atoms with E-state index in [1.807, 2.05) is 12.1 Å². The molecule has 1 aromatic carbocycles. The molecule has 1 N–H and O–H groups in total. The molecule has 25 heavy (non-hydrogen) atoms. The van der Waals surface area contributed by atoms with Gasteiger partial charge in [0, 0.05) is 17.3 Å². The second-order valence-electron chi connectivity index (χ2n) is 5.16. The van der Waals surface area contributed by atoms with E-state index < -0.39 is 11.7 Å². The molecule has 1 amide bonds.